The van der Waals surface area contributed by atoms with Gasteiger partial charge in [0.05, 0.1) is 16.6 Å². The van der Waals surface area contributed by atoms with Crippen molar-refractivity contribution >= 4 is 17.6 Å². The van der Waals surface area contributed by atoms with E-state index < -0.39 is 22.5 Å². The van der Waals surface area contributed by atoms with E-state index in [-0.39, 0.29) is 17.2 Å². The van der Waals surface area contributed by atoms with Gasteiger partial charge in [-0.3, -0.25) is 14.9 Å². The third kappa shape index (κ3) is 3.16. The zero-order chi connectivity index (χ0) is 15.6. The number of carbonyl (C=O) groups is 2. The lowest BCUT2D eigenvalue weighted by Crippen LogP contribution is -2.30. The Hall–Kier alpha value is -2.48. The Balaban J connectivity index is 2.32. The molecule has 1 fully saturated rings. The molecule has 1 aliphatic heterocycles. The second kappa shape index (κ2) is 5.88. The minimum atomic E-state index is -1.32. The fourth-order valence-electron chi connectivity index (χ4n) is 2.25. The maximum Gasteiger partial charge on any atom is 0.335 e. The van der Waals surface area contributed by atoms with Crippen molar-refractivity contribution in [1.29, 1.82) is 0 Å². The van der Waals surface area contributed by atoms with Gasteiger partial charge in [0.15, 0.2) is 0 Å². The molecule has 0 unspecified atom stereocenters. The van der Waals surface area contributed by atoms with Gasteiger partial charge >= 0.3 is 5.97 Å². The molecule has 112 valence electrons. The second-order valence-corrected chi connectivity index (χ2v) is 4.73. The molecule has 0 aliphatic carbocycles. The number of rotatable bonds is 4. The first-order chi connectivity index (χ1) is 9.92. The van der Waals surface area contributed by atoms with Crippen molar-refractivity contribution in [2.45, 2.75) is 12.5 Å². The summed E-state index contributed by atoms with van der Waals surface area (Å²) in [4.78, 5) is 34.9. The fraction of sp³-hybridized carbons (Fsp3) is 0.385. The lowest BCUT2D eigenvalue weighted by atomic mass is 10.1. The van der Waals surface area contributed by atoms with Crippen molar-refractivity contribution in [2.75, 3.05) is 20.2 Å². The van der Waals surface area contributed by atoms with Crippen LogP contribution >= 0.6 is 0 Å². The Morgan fingerprint density at radius 3 is 2.57 bits per heavy atom. The number of ether oxygens (including phenoxy) is 1. The number of carboxylic acids is 1. The van der Waals surface area contributed by atoms with Crippen LogP contribution in [0.3, 0.4) is 0 Å². The molecule has 1 amide bonds. The summed E-state index contributed by atoms with van der Waals surface area (Å²) in [5.74, 6) is -1.75. The number of nitrogens with zero attached hydrogens (tertiary/aromatic N) is 2. The molecule has 1 aromatic rings. The van der Waals surface area contributed by atoms with E-state index in [4.69, 9.17) is 9.84 Å². The van der Waals surface area contributed by atoms with Crippen LogP contribution in [-0.2, 0) is 4.74 Å². The highest BCUT2D eigenvalue weighted by Crippen LogP contribution is 2.21. The predicted octanol–water partition coefficient (Wildman–Crippen LogP) is 1.15. The highest BCUT2D eigenvalue weighted by molar-refractivity contribution is 5.98. The molecule has 0 bridgehead atoms. The lowest BCUT2D eigenvalue weighted by molar-refractivity contribution is -0.384. The van der Waals surface area contributed by atoms with Crippen molar-refractivity contribution in [3.63, 3.8) is 0 Å². The molecule has 0 saturated carbocycles. The van der Waals surface area contributed by atoms with E-state index >= 15 is 0 Å². The van der Waals surface area contributed by atoms with Gasteiger partial charge in [0, 0.05) is 37.9 Å². The standard InChI is InChI=1S/C13H14N2O6/c1-21-11-2-3-14(7-11)12(16)8-4-9(13(17)18)6-10(5-8)15(19)20/h4-6,11H,2-3,7H2,1H3,(H,17,18)/t11-/m0/s1. The summed E-state index contributed by atoms with van der Waals surface area (Å²) in [6.45, 7) is 0.864. The first kappa shape index (κ1) is 14.9. The van der Waals surface area contributed by atoms with Crippen molar-refractivity contribution in [3.05, 3.63) is 39.4 Å². The first-order valence-electron chi connectivity index (χ1n) is 6.27. The quantitative estimate of drug-likeness (QED) is 0.659. The van der Waals surface area contributed by atoms with E-state index in [1.165, 1.54) is 4.90 Å². The van der Waals surface area contributed by atoms with Crippen molar-refractivity contribution in [3.8, 4) is 0 Å². The number of nitro benzene ring substituents is 1. The summed E-state index contributed by atoms with van der Waals surface area (Å²) >= 11 is 0. The van der Waals surface area contributed by atoms with Gasteiger partial charge in [-0.15, -0.1) is 0 Å². The number of carbonyl (C=O) groups excluding carboxylic acids is 1. The molecule has 2 rings (SSSR count). The van der Waals surface area contributed by atoms with Gasteiger partial charge < -0.3 is 14.7 Å². The van der Waals surface area contributed by atoms with Crippen LogP contribution in [0, 0.1) is 10.1 Å². The molecule has 0 aromatic heterocycles. The number of benzene rings is 1. The van der Waals surface area contributed by atoms with Gasteiger partial charge in [-0.25, -0.2) is 4.79 Å². The number of carboxylic acid groups (broad SMARTS) is 1. The third-order valence-electron chi connectivity index (χ3n) is 3.39. The minimum Gasteiger partial charge on any atom is -0.478 e. The Labute approximate surface area is 120 Å². The van der Waals surface area contributed by atoms with Crippen LogP contribution in [0.2, 0.25) is 0 Å². The molecule has 1 heterocycles. The summed E-state index contributed by atoms with van der Waals surface area (Å²) in [6.07, 6.45) is 0.620. The van der Waals surface area contributed by atoms with Gasteiger partial charge in [0.2, 0.25) is 0 Å². The molecule has 1 aliphatic rings. The van der Waals surface area contributed by atoms with Crippen LogP contribution < -0.4 is 0 Å². The zero-order valence-electron chi connectivity index (χ0n) is 11.3. The SMILES string of the molecule is CO[C@H]1CCN(C(=O)c2cc(C(=O)O)cc([N+](=O)[O-])c2)C1. The molecule has 8 nitrogen and oxygen atoms in total. The monoisotopic (exact) mass is 294 g/mol. The molecule has 0 spiro atoms. The second-order valence-electron chi connectivity index (χ2n) is 4.73. The Kier molecular flexibility index (Phi) is 4.18. The molecular formula is C13H14N2O6. The van der Waals surface area contributed by atoms with Gasteiger partial charge in [0.1, 0.15) is 0 Å². The maximum atomic E-state index is 12.3. The number of hydrogen-bond donors (Lipinski definition) is 1. The molecule has 1 N–H and O–H groups in total. The number of likely N-dealkylation sites (tertiary alicyclic amines) is 1. The minimum absolute atomic E-state index is 0.00152. The molecule has 21 heavy (non-hydrogen) atoms. The number of aromatic carboxylic acids is 1. The van der Waals surface area contributed by atoms with E-state index in [9.17, 15) is 19.7 Å². The van der Waals surface area contributed by atoms with Gasteiger partial charge in [-0.05, 0) is 12.5 Å². The van der Waals surface area contributed by atoms with E-state index in [2.05, 4.69) is 0 Å². The van der Waals surface area contributed by atoms with Crippen molar-refractivity contribution in [1.82, 2.24) is 4.90 Å². The highest BCUT2D eigenvalue weighted by atomic mass is 16.6. The van der Waals surface area contributed by atoms with Crippen LogP contribution in [0.4, 0.5) is 5.69 Å². The van der Waals surface area contributed by atoms with Crippen LogP contribution in [0.25, 0.3) is 0 Å². The normalized spacial score (nSPS) is 17.8. The number of methoxy groups -OCH3 is 1. The summed E-state index contributed by atoms with van der Waals surface area (Å²) in [5, 5.41) is 19.8. The van der Waals surface area contributed by atoms with Gasteiger partial charge in [-0.1, -0.05) is 0 Å². The summed E-state index contributed by atoms with van der Waals surface area (Å²) < 4.78 is 5.16. The van der Waals surface area contributed by atoms with Crippen LogP contribution in [0.15, 0.2) is 18.2 Å². The summed E-state index contributed by atoms with van der Waals surface area (Å²) in [7, 11) is 1.55. The van der Waals surface area contributed by atoms with Crippen molar-refractivity contribution < 1.29 is 24.4 Å². The first-order valence-corrected chi connectivity index (χ1v) is 6.27. The average molecular weight is 294 g/mol. The highest BCUT2D eigenvalue weighted by Gasteiger charge is 2.28. The van der Waals surface area contributed by atoms with E-state index in [0.29, 0.717) is 19.5 Å². The van der Waals surface area contributed by atoms with Crippen LogP contribution in [0.5, 0.6) is 0 Å². The molecule has 1 aromatic carbocycles. The van der Waals surface area contributed by atoms with Gasteiger partial charge in [-0.2, -0.15) is 0 Å². The molecule has 8 heteroatoms. The van der Waals surface area contributed by atoms with E-state index in [1.807, 2.05) is 0 Å². The fourth-order valence-corrected chi connectivity index (χ4v) is 2.25. The largest absolute Gasteiger partial charge is 0.478 e. The zero-order valence-corrected chi connectivity index (χ0v) is 11.3. The summed E-state index contributed by atoms with van der Waals surface area (Å²) in [5.41, 5.74) is -0.700. The Morgan fingerprint density at radius 2 is 2.05 bits per heavy atom. The maximum absolute atomic E-state index is 12.3. The molecule has 0 radical (unpaired) electrons. The molecule has 1 saturated heterocycles. The Bertz CT molecular complexity index is 568. The van der Waals surface area contributed by atoms with Crippen LogP contribution in [-0.4, -0.2) is 53.1 Å². The van der Waals surface area contributed by atoms with E-state index in [0.717, 1.165) is 18.2 Å². The number of amides is 1. The molecule has 1 atom stereocenters. The van der Waals surface area contributed by atoms with Crippen molar-refractivity contribution in [2.24, 2.45) is 0 Å². The molecular weight excluding hydrogens is 280 g/mol. The average Bonchev–Trinajstić information content (AvgIpc) is 2.94. The topological polar surface area (TPSA) is 110 Å². The smallest absolute Gasteiger partial charge is 0.335 e. The third-order valence-corrected chi connectivity index (χ3v) is 3.39. The van der Waals surface area contributed by atoms with Gasteiger partial charge in [0.25, 0.3) is 11.6 Å². The number of non-ortho nitro benzene ring substituents is 1. The summed E-state index contributed by atoms with van der Waals surface area (Å²) in [6, 6.07) is 3.17. The number of hydrogen-bond acceptors (Lipinski definition) is 5. The number of nitro groups is 1. The van der Waals surface area contributed by atoms with E-state index in [1.54, 1.807) is 7.11 Å². The lowest BCUT2D eigenvalue weighted by Gasteiger charge is -2.16. The predicted molar refractivity (Wildman–Crippen MR) is 71.4 cm³/mol. The van der Waals surface area contributed by atoms with Crippen LogP contribution in [0.1, 0.15) is 27.1 Å². The Morgan fingerprint density at radius 1 is 1.38 bits per heavy atom.